The van der Waals surface area contributed by atoms with Gasteiger partial charge in [-0.2, -0.15) is 5.10 Å². The van der Waals surface area contributed by atoms with Crippen LogP contribution in [-0.4, -0.2) is 41.3 Å². The zero-order valence-corrected chi connectivity index (χ0v) is 19.5. The third-order valence-electron chi connectivity index (χ3n) is 5.36. The van der Waals surface area contributed by atoms with Gasteiger partial charge < -0.3 is 20.5 Å². The molecule has 0 saturated heterocycles. The van der Waals surface area contributed by atoms with Gasteiger partial charge in [0.2, 0.25) is 5.91 Å². The summed E-state index contributed by atoms with van der Waals surface area (Å²) in [6.45, 7) is 3.98. The molecule has 0 spiro atoms. The molecule has 9 heteroatoms. The molecular formula is C25H28N4O5. The van der Waals surface area contributed by atoms with E-state index in [4.69, 9.17) is 15.2 Å². The van der Waals surface area contributed by atoms with Crippen molar-refractivity contribution in [1.82, 2.24) is 9.78 Å². The van der Waals surface area contributed by atoms with Gasteiger partial charge in [0.05, 0.1) is 37.2 Å². The predicted octanol–water partition coefficient (Wildman–Crippen LogP) is 3.10. The van der Waals surface area contributed by atoms with Gasteiger partial charge in [-0.05, 0) is 62.2 Å². The van der Waals surface area contributed by atoms with Crippen molar-refractivity contribution in [3.8, 4) is 11.4 Å². The van der Waals surface area contributed by atoms with Crippen LogP contribution in [0.25, 0.3) is 5.69 Å². The molecule has 0 bridgehead atoms. The van der Waals surface area contributed by atoms with E-state index in [2.05, 4.69) is 10.4 Å². The molecule has 0 fully saturated rings. The molecule has 34 heavy (non-hydrogen) atoms. The first-order chi connectivity index (χ1) is 16.3. The summed E-state index contributed by atoms with van der Waals surface area (Å²) in [5, 5.41) is 7.43. The molecule has 0 unspecified atom stereocenters. The number of hydrogen-bond acceptors (Lipinski definition) is 6. The van der Waals surface area contributed by atoms with Crippen molar-refractivity contribution in [2.75, 3.05) is 19.0 Å². The van der Waals surface area contributed by atoms with Crippen LogP contribution in [0.15, 0.2) is 48.5 Å². The number of primary amides is 1. The van der Waals surface area contributed by atoms with Gasteiger partial charge in [-0.3, -0.25) is 14.4 Å². The van der Waals surface area contributed by atoms with Crippen molar-refractivity contribution in [3.63, 3.8) is 0 Å². The van der Waals surface area contributed by atoms with Gasteiger partial charge in [-0.1, -0.05) is 12.1 Å². The van der Waals surface area contributed by atoms with Gasteiger partial charge in [0.25, 0.3) is 5.91 Å². The van der Waals surface area contributed by atoms with Crippen LogP contribution in [0.4, 0.5) is 5.69 Å². The molecule has 0 atom stereocenters. The van der Waals surface area contributed by atoms with E-state index in [9.17, 15) is 14.4 Å². The fourth-order valence-electron chi connectivity index (χ4n) is 3.52. The first kappa shape index (κ1) is 24.5. The molecule has 9 nitrogen and oxygen atoms in total. The number of carbonyl (C=O) groups is 3. The van der Waals surface area contributed by atoms with Crippen LogP contribution in [0, 0.1) is 13.8 Å². The van der Waals surface area contributed by atoms with Crippen LogP contribution in [0.1, 0.15) is 40.2 Å². The summed E-state index contributed by atoms with van der Waals surface area (Å²) in [7, 11) is 1.37. The van der Waals surface area contributed by atoms with Crippen molar-refractivity contribution in [1.29, 1.82) is 0 Å². The average molecular weight is 465 g/mol. The van der Waals surface area contributed by atoms with Crippen molar-refractivity contribution in [3.05, 3.63) is 71.0 Å². The highest BCUT2D eigenvalue weighted by molar-refractivity contribution is 6.05. The Kier molecular flexibility index (Phi) is 8.02. The quantitative estimate of drug-likeness (QED) is 0.444. The highest BCUT2D eigenvalue weighted by Crippen LogP contribution is 2.25. The number of nitrogens with two attached hydrogens (primary N) is 1. The number of para-hydroxylation sites is 2. The summed E-state index contributed by atoms with van der Waals surface area (Å²) in [6, 6.07) is 14.0. The van der Waals surface area contributed by atoms with E-state index in [1.807, 2.05) is 26.0 Å². The number of methoxy groups -OCH3 is 1. The van der Waals surface area contributed by atoms with Crippen LogP contribution >= 0.6 is 0 Å². The van der Waals surface area contributed by atoms with Crippen molar-refractivity contribution >= 4 is 23.5 Å². The summed E-state index contributed by atoms with van der Waals surface area (Å²) in [6.07, 6.45) is 0.920. The maximum atomic E-state index is 12.8. The number of aromatic nitrogens is 2. The van der Waals surface area contributed by atoms with Gasteiger partial charge in [0.15, 0.2) is 0 Å². The van der Waals surface area contributed by atoms with Crippen LogP contribution in [-0.2, 0) is 20.7 Å². The number of nitrogens with zero attached hydrogens (tertiary/aromatic N) is 2. The lowest BCUT2D eigenvalue weighted by molar-refractivity contribution is -0.140. The van der Waals surface area contributed by atoms with Crippen molar-refractivity contribution in [2.45, 2.75) is 33.1 Å². The molecule has 3 rings (SSSR count). The molecule has 178 valence electrons. The molecule has 0 radical (unpaired) electrons. The highest BCUT2D eigenvalue weighted by Gasteiger charge is 2.15. The van der Waals surface area contributed by atoms with E-state index in [1.165, 1.54) is 7.11 Å². The van der Waals surface area contributed by atoms with Gasteiger partial charge in [0.1, 0.15) is 5.75 Å². The molecule has 2 amide bonds. The number of rotatable bonds is 10. The second-order valence-electron chi connectivity index (χ2n) is 7.70. The number of ether oxygens (including phenoxy) is 2. The third-order valence-corrected chi connectivity index (χ3v) is 5.36. The first-order valence-electron chi connectivity index (χ1n) is 10.8. The molecular weight excluding hydrogens is 436 g/mol. The minimum atomic E-state index is -0.459. The Morgan fingerprint density at radius 1 is 1.03 bits per heavy atom. The normalized spacial score (nSPS) is 10.6. The lowest BCUT2D eigenvalue weighted by Gasteiger charge is -2.12. The number of aryl methyl sites for hydroxylation is 1. The third kappa shape index (κ3) is 6.00. The topological polar surface area (TPSA) is 126 Å². The fraction of sp³-hybridized carbons (Fsp3) is 0.280. The number of anilines is 1. The fourth-order valence-corrected chi connectivity index (χ4v) is 3.52. The SMILES string of the molecule is COC(=O)CCc1c(C)nn(-c2ccc(C(=O)Nc3ccccc3OCCC(N)=O)cc2)c1C. The van der Waals surface area contributed by atoms with Crippen LogP contribution in [0.5, 0.6) is 5.75 Å². The number of carbonyl (C=O) groups excluding carboxylic acids is 3. The number of esters is 1. The zero-order valence-electron chi connectivity index (χ0n) is 19.5. The highest BCUT2D eigenvalue weighted by atomic mass is 16.5. The summed E-state index contributed by atoms with van der Waals surface area (Å²) in [4.78, 5) is 35.2. The Bertz CT molecular complexity index is 1180. The van der Waals surface area contributed by atoms with Crippen molar-refractivity contribution < 1.29 is 23.9 Å². The Balaban J connectivity index is 1.71. The molecule has 0 aliphatic rings. The minimum Gasteiger partial charge on any atom is -0.491 e. The number of hydrogen-bond donors (Lipinski definition) is 2. The lowest BCUT2D eigenvalue weighted by Crippen LogP contribution is -2.16. The monoisotopic (exact) mass is 464 g/mol. The minimum absolute atomic E-state index is 0.0838. The predicted molar refractivity (Wildman–Crippen MR) is 127 cm³/mol. The van der Waals surface area contributed by atoms with E-state index in [0.717, 1.165) is 22.6 Å². The van der Waals surface area contributed by atoms with E-state index in [1.54, 1.807) is 41.1 Å². The Labute approximate surface area is 197 Å². The molecule has 3 aromatic rings. The largest absolute Gasteiger partial charge is 0.491 e. The number of benzene rings is 2. The summed E-state index contributed by atoms with van der Waals surface area (Å²) in [5.41, 5.74) is 9.68. The molecule has 0 aliphatic carbocycles. The average Bonchev–Trinajstić information content (AvgIpc) is 3.11. The second-order valence-corrected chi connectivity index (χ2v) is 7.70. The first-order valence-corrected chi connectivity index (χ1v) is 10.8. The van der Waals surface area contributed by atoms with Gasteiger partial charge in [0, 0.05) is 17.7 Å². The van der Waals surface area contributed by atoms with Crippen LogP contribution in [0.3, 0.4) is 0 Å². The number of amides is 2. The van der Waals surface area contributed by atoms with Gasteiger partial charge in [-0.15, -0.1) is 0 Å². The summed E-state index contributed by atoms with van der Waals surface area (Å²) >= 11 is 0. The van der Waals surface area contributed by atoms with Crippen molar-refractivity contribution in [2.24, 2.45) is 5.73 Å². The van der Waals surface area contributed by atoms with Crippen LogP contribution < -0.4 is 15.8 Å². The summed E-state index contributed by atoms with van der Waals surface area (Å²) in [5.74, 6) is -0.568. The Morgan fingerprint density at radius 2 is 1.74 bits per heavy atom. The Hall–Kier alpha value is -4.14. The van der Waals surface area contributed by atoms with Gasteiger partial charge >= 0.3 is 5.97 Å². The van der Waals surface area contributed by atoms with E-state index < -0.39 is 5.91 Å². The molecule has 0 aliphatic heterocycles. The van der Waals surface area contributed by atoms with Gasteiger partial charge in [-0.25, -0.2) is 4.68 Å². The van der Waals surface area contributed by atoms with E-state index in [0.29, 0.717) is 23.4 Å². The standard InChI is InChI=1S/C25H28N4O5/c1-16-20(12-13-24(31)33-3)17(2)29(28-16)19-10-8-18(9-11-19)25(32)27-21-6-4-5-7-22(21)34-15-14-23(26)30/h4-11H,12-15H2,1-3H3,(H2,26,30)(H,27,32). The molecule has 2 aromatic carbocycles. The molecule has 0 saturated carbocycles. The zero-order chi connectivity index (χ0) is 24.7. The maximum Gasteiger partial charge on any atom is 0.305 e. The smallest absolute Gasteiger partial charge is 0.305 e. The summed E-state index contributed by atoms with van der Waals surface area (Å²) < 4.78 is 12.1. The van der Waals surface area contributed by atoms with Crippen LogP contribution in [0.2, 0.25) is 0 Å². The maximum absolute atomic E-state index is 12.8. The number of nitrogens with one attached hydrogen (secondary N) is 1. The second kappa shape index (κ2) is 11.1. The lowest BCUT2D eigenvalue weighted by atomic mass is 10.1. The Morgan fingerprint density at radius 3 is 2.41 bits per heavy atom. The molecule has 1 aromatic heterocycles. The van der Waals surface area contributed by atoms with E-state index >= 15 is 0 Å². The van der Waals surface area contributed by atoms with E-state index in [-0.39, 0.29) is 31.3 Å². The molecule has 1 heterocycles. The molecule has 3 N–H and O–H groups in total.